The minimum Gasteiger partial charge on any atom is -0.478 e. The van der Waals surface area contributed by atoms with Crippen molar-refractivity contribution >= 4 is 17.6 Å². The van der Waals surface area contributed by atoms with E-state index in [-0.39, 0.29) is 11.5 Å². The number of carboxylic acid groups (broad SMARTS) is 1. The second-order valence-electron chi connectivity index (χ2n) is 4.09. The Morgan fingerprint density at radius 3 is 2.32 bits per heavy atom. The van der Waals surface area contributed by atoms with Gasteiger partial charge >= 0.3 is 5.97 Å². The predicted octanol–water partition coefficient (Wildman–Crippen LogP) is 2.34. The molecule has 1 amide bonds. The Balaban J connectivity index is 2.14. The average molecular weight is 256 g/mol. The van der Waals surface area contributed by atoms with Crippen LogP contribution in [0.2, 0.25) is 0 Å². The lowest BCUT2D eigenvalue weighted by molar-refractivity contribution is 0.0696. The second kappa shape index (κ2) is 5.30. The molecule has 0 aliphatic heterocycles. The summed E-state index contributed by atoms with van der Waals surface area (Å²) in [5, 5.41) is 11.5. The average Bonchev–Trinajstić information content (AvgIpc) is 2.39. The van der Waals surface area contributed by atoms with E-state index < -0.39 is 5.97 Å². The number of nitrogens with one attached hydrogen (secondary N) is 1. The van der Waals surface area contributed by atoms with E-state index in [9.17, 15) is 9.59 Å². The first-order chi connectivity index (χ1) is 9.06. The van der Waals surface area contributed by atoms with Crippen LogP contribution in [-0.2, 0) is 0 Å². The molecule has 0 radical (unpaired) electrons. The van der Waals surface area contributed by atoms with Crippen LogP contribution in [0.25, 0.3) is 0 Å². The summed E-state index contributed by atoms with van der Waals surface area (Å²) >= 11 is 0. The van der Waals surface area contributed by atoms with E-state index in [4.69, 9.17) is 5.11 Å². The zero-order valence-corrected chi connectivity index (χ0v) is 10.3. The molecule has 1 aromatic heterocycles. The molecular weight excluding hydrogens is 244 g/mol. The number of carbonyl (C=O) groups is 2. The van der Waals surface area contributed by atoms with Gasteiger partial charge in [0.05, 0.1) is 17.4 Å². The maximum atomic E-state index is 11.9. The van der Waals surface area contributed by atoms with Gasteiger partial charge in [-0.3, -0.25) is 9.78 Å². The third-order valence-corrected chi connectivity index (χ3v) is 2.53. The number of carboxylic acids is 1. The van der Waals surface area contributed by atoms with Crippen LogP contribution in [-0.4, -0.2) is 22.0 Å². The highest BCUT2D eigenvalue weighted by molar-refractivity contribution is 6.04. The van der Waals surface area contributed by atoms with Gasteiger partial charge in [0, 0.05) is 11.8 Å². The van der Waals surface area contributed by atoms with Crippen molar-refractivity contribution in [3.63, 3.8) is 0 Å². The van der Waals surface area contributed by atoms with Crippen molar-refractivity contribution in [3.05, 3.63) is 59.4 Å². The number of aryl methyl sites for hydroxylation is 1. The first-order valence-electron chi connectivity index (χ1n) is 5.62. The summed E-state index contributed by atoms with van der Waals surface area (Å²) in [5.41, 5.74) is 2.09. The topological polar surface area (TPSA) is 79.3 Å². The highest BCUT2D eigenvalue weighted by Crippen LogP contribution is 2.10. The molecule has 5 nitrogen and oxygen atoms in total. The Morgan fingerprint density at radius 2 is 1.74 bits per heavy atom. The van der Waals surface area contributed by atoms with E-state index in [1.165, 1.54) is 24.3 Å². The van der Waals surface area contributed by atoms with Crippen molar-refractivity contribution in [1.82, 2.24) is 4.98 Å². The van der Waals surface area contributed by atoms with Crippen LogP contribution in [0.15, 0.2) is 42.7 Å². The van der Waals surface area contributed by atoms with Crippen molar-refractivity contribution in [2.75, 3.05) is 5.32 Å². The van der Waals surface area contributed by atoms with Gasteiger partial charge in [-0.05, 0) is 42.8 Å². The molecule has 0 aliphatic carbocycles. The first kappa shape index (κ1) is 12.8. The van der Waals surface area contributed by atoms with E-state index in [2.05, 4.69) is 10.3 Å². The molecule has 2 aromatic rings. The summed E-state index contributed by atoms with van der Waals surface area (Å²) in [6.45, 7) is 1.88. The largest absolute Gasteiger partial charge is 0.478 e. The van der Waals surface area contributed by atoms with Gasteiger partial charge in [0.2, 0.25) is 0 Å². The van der Waals surface area contributed by atoms with Gasteiger partial charge in [0.1, 0.15) is 0 Å². The van der Waals surface area contributed by atoms with Crippen molar-refractivity contribution < 1.29 is 14.7 Å². The molecule has 96 valence electrons. The Bertz CT molecular complexity index is 621. The highest BCUT2D eigenvalue weighted by Gasteiger charge is 2.08. The summed E-state index contributed by atoms with van der Waals surface area (Å²) in [4.78, 5) is 26.6. The smallest absolute Gasteiger partial charge is 0.335 e. The zero-order chi connectivity index (χ0) is 13.8. The number of benzene rings is 1. The Kier molecular flexibility index (Phi) is 3.56. The Hall–Kier alpha value is -2.69. The molecule has 1 aromatic carbocycles. The Morgan fingerprint density at radius 1 is 1.11 bits per heavy atom. The van der Waals surface area contributed by atoms with Crippen molar-refractivity contribution in [2.24, 2.45) is 0 Å². The molecule has 0 bridgehead atoms. The Labute approximate surface area is 109 Å². The molecule has 1 heterocycles. The lowest BCUT2D eigenvalue weighted by Crippen LogP contribution is -2.12. The van der Waals surface area contributed by atoms with Gasteiger partial charge in [-0.15, -0.1) is 0 Å². The molecule has 0 saturated carbocycles. The summed E-state index contributed by atoms with van der Waals surface area (Å²) in [6, 6.07) is 7.54. The van der Waals surface area contributed by atoms with Gasteiger partial charge in [0.15, 0.2) is 0 Å². The van der Waals surface area contributed by atoms with Gasteiger partial charge in [-0.1, -0.05) is 0 Å². The molecule has 0 unspecified atom stereocenters. The lowest BCUT2D eigenvalue weighted by atomic mass is 10.1. The zero-order valence-electron chi connectivity index (χ0n) is 10.3. The monoisotopic (exact) mass is 256 g/mol. The molecule has 0 atom stereocenters. The molecule has 19 heavy (non-hydrogen) atoms. The molecule has 5 heteroatoms. The maximum absolute atomic E-state index is 11.9. The van der Waals surface area contributed by atoms with Gasteiger partial charge < -0.3 is 10.4 Å². The number of nitrogens with zero attached hydrogens (tertiary/aromatic N) is 1. The highest BCUT2D eigenvalue weighted by atomic mass is 16.4. The number of hydrogen-bond donors (Lipinski definition) is 2. The summed E-state index contributed by atoms with van der Waals surface area (Å²) in [7, 11) is 0. The number of aromatic nitrogens is 1. The number of amides is 1. The minimum atomic E-state index is -1.02. The minimum absolute atomic E-state index is 0.147. The quantitative estimate of drug-likeness (QED) is 0.883. The lowest BCUT2D eigenvalue weighted by Gasteiger charge is -2.05. The maximum Gasteiger partial charge on any atom is 0.335 e. The normalized spacial score (nSPS) is 9.95. The third-order valence-electron chi connectivity index (χ3n) is 2.53. The molecule has 0 fully saturated rings. The standard InChI is InChI=1S/C14H12N2O3/c1-9-6-12(8-15-7-9)16-13(17)10-2-4-11(5-3-10)14(18)19/h2-8H,1H3,(H,16,17)(H,18,19). The summed E-state index contributed by atoms with van der Waals surface area (Å²) in [6.07, 6.45) is 3.24. The van der Waals surface area contributed by atoms with Gasteiger partial charge in [-0.2, -0.15) is 0 Å². The van der Waals surface area contributed by atoms with Crippen LogP contribution in [0.1, 0.15) is 26.3 Å². The molecule has 0 spiro atoms. The fourth-order valence-corrected chi connectivity index (χ4v) is 1.59. The molecule has 0 aliphatic rings. The summed E-state index contributed by atoms with van der Waals surface area (Å²) < 4.78 is 0. The van der Waals surface area contributed by atoms with Crippen LogP contribution >= 0.6 is 0 Å². The van der Waals surface area contributed by atoms with E-state index in [0.717, 1.165) is 5.56 Å². The fourth-order valence-electron chi connectivity index (χ4n) is 1.59. The van der Waals surface area contributed by atoms with E-state index in [1.54, 1.807) is 18.5 Å². The number of hydrogen-bond acceptors (Lipinski definition) is 3. The van der Waals surface area contributed by atoms with Crippen LogP contribution in [0, 0.1) is 6.92 Å². The van der Waals surface area contributed by atoms with Crippen LogP contribution in [0.5, 0.6) is 0 Å². The third kappa shape index (κ3) is 3.16. The van der Waals surface area contributed by atoms with Crippen molar-refractivity contribution in [3.8, 4) is 0 Å². The van der Waals surface area contributed by atoms with Crippen LogP contribution < -0.4 is 5.32 Å². The number of rotatable bonds is 3. The number of anilines is 1. The van der Waals surface area contributed by atoms with Gasteiger partial charge in [-0.25, -0.2) is 4.79 Å². The van der Waals surface area contributed by atoms with E-state index in [1.807, 2.05) is 6.92 Å². The molecule has 2 N–H and O–H groups in total. The van der Waals surface area contributed by atoms with E-state index in [0.29, 0.717) is 11.3 Å². The summed E-state index contributed by atoms with van der Waals surface area (Å²) in [5.74, 6) is -1.32. The number of aromatic carboxylic acids is 1. The molecule has 2 rings (SSSR count). The van der Waals surface area contributed by atoms with Gasteiger partial charge in [0.25, 0.3) is 5.91 Å². The van der Waals surface area contributed by atoms with Crippen LogP contribution in [0.3, 0.4) is 0 Å². The number of pyridine rings is 1. The van der Waals surface area contributed by atoms with E-state index >= 15 is 0 Å². The predicted molar refractivity (Wildman–Crippen MR) is 70.3 cm³/mol. The van der Waals surface area contributed by atoms with Crippen molar-refractivity contribution in [1.29, 1.82) is 0 Å². The molecular formula is C14H12N2O3. The fraction of sp³-hybridized carbons (Fsp3) is 0.0714. The van der Waals surface area contributed by atoms with Crippen molar-refractivity contribution in [2.45, 2.75) is 6.92 Å². The number of carbonyl (C=O) groups excluding carboxylic acids is 1. The van der Waals surface area contributed by atoms with Crippen LogP contribution in [0.4, 0.5) is 5.69 Å². The molecule has 0 saturated heterocycles. The first-order valence-corrected chi connectivity index (χ1v) is 5.62. The second-order valence-corrected chi connectivity index (χ2v) is 4.09. The SMILES string of the molecule is Cc1cncc(NC(=O)c2ccc(C(=O)O)cc2)c1.